The van der Waals surface area contributed by atoms with E-state index >= 15 is 0 Å². The summed E-state index contributed by atoms with van der Waals surface area (Å²) in [5.41, 5.74) is 0.793. The molecule has 0 aliphatic heterocycles. The van der Waals surface area contributed by atoms with Crippen LogP contribution in [0.4, 0.5) is 0 Å². The molecule has 0 saturated carbocycles. The highest BCUT2D eigenvalue weighted by molar-refractivity contribution is 6.30. The van der Waals surface area contributed by atoms with E-state index in [1.807, 2.05) is 24.3 Å². The molecule has 1 N–H and O–H groups in total. The molecule has 0 radical (unpaired) electrons. The Morgan fingerprint density at radius 2 is 1.82 bits per heavy atom. The molecule has 2 aromatic carbocycles. The molecule has 1 amide bonds. The molecular formula is C20H20ClN3O4. The SMILES string of the molecule is COc1ccc(OCCCC(=O)NCc2nc(-c3ccc(Cl)cc3)no2)cc1. The normalized spacial score (nSPS) is 10.5. The maximum absolute atomic E-state index is 11.9. The first-order valence-corrected chi connectivity index (χ1v) is 9.14. The third-order valence-electron chi connectivity index (χ3n) is 3.88. The van der Waals surface area contributed by atoms with Crippen LogP contribution in [-0.2, 0) is 11.3 Å². The van der Waals surface area contributed by atoms with Gasteiger partial charge in [-0.05, 0) is 55.0 Å². The third-order valence-corrected chi connectivity index (χ3v) is 4.14. The van der Waals surface area contributed by atoms with Gasteiger partial charge in [0.15, 0.2) is 0 Å². The number of carbonyl (C=O) groups is 1. The molecule has 0 atom stereocenters. The van der Waals surface area contributed by atoms with E-state index < -0.39 is 0 Å². The summed E-state index contributed by atoms with van der Waals surface area (Å²) in [4.78, 5) is 16.2. The Bertz CT molecular complexity index is 895. The minimum absolute atomic E-state index is 0.107. The summed E-state index contributed by atoms with van der Waals surface area (Å²) in [6.45, 7) is 0.625. The van der Waals surface area contributed by atoms with Gasteiger partial charge in [0.05, 0.1) is 20.3 Å². The molecule has 3 rings (SSSR count). The average Bonchev–Trinajstić information content (AvgIpc) is 3.20. The van der Waals surface area contributed by atoms with Crippen molar-refractivity contribution in [1.29, 1.82) is 0 Å². The van der Waals surface area contributed by atoms with Crippen LogP contribution in [0.2, 0.25) is 5.02 Å². The van der Waals surface area contributed by atoms with E-state index in [0.717, 1.165) is 17.1 Å². The Kier molecular flexibility index (Phi) is 6.86. The van der Waals surface area contributed by atoms with E-state index in [4.69, 9.17) is 25.6 Å². The van der Waals surface area contributed by atoms with E-state index in [1.165, 1.54) is 0 Å². The number of rotatable bonds is 9. The van der Waals surface area contributed by atoms with Crippen molar-refractivity contribution < 1.29 is 18.8 Å². The van der Waals surface area contributed by atoms with Gasteiger partial charge in [-0.25, -0.2) is 0 Å². The quantitative estimate of drug-likeness (QED) is 0.547. The van der Waals surface area contributed by atoms with Crippen LogP contribution in [0.1, 0.15) is 18.7 Å². The Morgan fingerprint density at radius 3 is 2.54 bits per heavy atom. The number of methoxy groups -OCH3 is 1. The largest absolute Gasteiger partial charge is 0.497 e. The second-order valence-electron chi connectivity index (χ2n) is 5.92. The summed E-state index contributed by atoms with van der Waals surface area (Å²) >= 11 is 5.86. The molecule has 0 spiro atoms. The first kappa shape index (κ1) is 19.7. The topological polar surface area (TPSA) is 86.5 Å². The monoisotopic (exact) mass is 401 g/mol. The van der Waals surface area contributed by atoms with Crippen LogP contribution in [0.3, 0.4) is 0 Å². The first-order valence-electron chi connectivity index (χ1n) is 8.76. The molecule has 0 aliphatic rings. The van der Waals surface area contributed by atoms with Crippen molar-refractivity contribution in [3.05, 3.63) is 59.4 Å². The summed E-state index contributed by atoms with van der Waals surface area (Å²) in [7, 11) is 1.61. The van der Waals surface area contributed by atoms with Gasteiger partial charge in [0.25, 0.3) is 0 Å². The maximum atomic E-state index is 11.9. The van der Waals surface area contributed by atoms with Crippen molar-refractivity contribution in [3.63, 3.8) is 0 Å². The number of carbonyl (C=O) groups excluding carboxylic acids is 1. The number of nitrogens with zero attached hydrogens (tertiary/aromatic N) is 2. The Morgan fingerprint density at radius 1 is 1.11 bits per heavy atom. The molecule has 146 valence electrons. The summed E-state index contributed by atoms with van der Waals surface area (Å²) in [5, 5.41) is 7.30. The zero-order chi connectivity index (χ0) is 19.8. The smallest absolute Gasteiger partial charge is 0.246 e. The van der Waals surface area contributed by atoms with Crippen molar-refractivity contribution in [2.24, 2.45) is 0 Å². The van der Waals surface area contributed by atoms with Gasteiger partial charge in [0, 0.05) is 17.0 Å². The van der Waals surface area contributed by atoms with Crippen molar-refractivity contribution in [2.75, 3.05) is 13.7 Å². The van der Waals surface area contributed by atoms with Gasteiger partial charge in [0.2, 0.25) is 17.6 Å². The van der Waals surface area contributed by atoms with Gasteiger partial charge >= 0.3 is 0 Å². The highest BCUT2D eigenvalue weighted by Crippen LogP contribution is 2.19. The molecule has 1 aromatic heterocycles. The van der Waals surface area contributed by atoms with Crippen LogP contribution >= 0.6 is 11.6 Å². The first-order chi connectivity index (χ1) is 13.6. The molecule has 1 heterocycles. The Labute approximate surface area is 167 Å². The van der Waals surface area contributed by atoms with E-state index in [9.17, 15) is 4.79 Å². The molecule has 28 heavy (non-hydrogen) atoms. The zero-order valence-corrected chi connectivity index (χ0v) is 16.1. The lowest BCUT2D eigenvalue weighted by Gasteiger charge is -2.07. The number of nitrogens with one attached hydrogen (secondary N) is 1. The summed E-state index contributed by atoms with van der Waals surface area (Å²) in [6, 6.07) is 14.4. The Balaban J connectivity index is 1.36. The standard InChI is InChI=1S/C20H20ClN3O4/c1-26-16-8-10-17(11-9-16)27-12-2-3-18(25)22-13-19-23-20(24-28-19)14-4-6-15(21)7-5-14/h4-11H,2-3,12-13H2,1H3,(H,22,25). The molecule has 7 nitrogen and oxygen atoms in total. The van der Waals surface area contributed by atoms with E-state index in [0.29, 0.717) is 36.2 Å². The minimum Gasteiger partial charge on any atom is -0.497 e. The zero-order valence-electron chi connectivity index (χ0n) is 15.4. The van der Waals surface area contributed by atoms with Gasteiger partial charge in [-0.2, -0.15) is 4.98 Å². The lowest BCUT2D eigenvalue weighted by atomic mass is 10.2. The fourth-order valence-electron chi connectivity index (χ4n) is 2.40. The second-order valence-corrected chi connectivity index (χ2v) is 6.36. The molecule has 0 fully saturated rings. The molecule has 8 heteroatoms. The second kappa shape index (κ2) is 9.75. The summed E-state index contributed by atoms with van der Waals surface area (Å²) < 4.78 is 15.8. The number of benzene rings is 2. The van der Waals surface area contributed by atoms with E-state index in [1.54, 1.807) is 31.4 Å². The number of aromatic nitrogens is 2. The van der Waals surface area contributed by atoms with Gasteiger partial charge in [-0.1, -0.05) is 16.8 Å². The number of hydrogen-bond donors (Lipinski definition) is 1. The predicted molar refractivity (Wildman–Crippen MR) is 104 cm³/mol. The predicted octanol–water partition coefficient (Wildman–Crippen LogP) is 3.87. The van der Waals surface area contributed by atoms with Gasteiger partial charge < -0.3 is 19.3 Å². The molecular weight excluding hydrogens is 382 g/mol. The van der Waals surface area contributed by atoms with Crippen molar-refractivity contribution in [3.8, 4) is 22.9 Å². The molecule has 3 aromatic rings. The van der Waals surface area contributed by atoms with Crippen LogP contribution in [-0.4, -0.2) is 29.8 Å². The lowest BCUT2D eigenvalue weighted by Crippen LogP contribution is -2.23. The van der Waals surface area contributed by atoms with Crippen molar-refractivity contribution >= 4 is 17.5 Å². The van der Waals surface area contributed by atoms with Crippen LogP contribution in [0.25, 0.3) is 11.4 Å². The average molecular weight is 402 g/mol. The van der Waals surface area contributed by atoms with Crippen LogP contribution < -0.4 is 14.8 Å². The number of halogens is 1. The van der Waals surface area contributed by atoms with Crippen LogP contribution in [0.5, 0.6) is 11.5 Å². The minimum atomic E-state index is -0.107. The van der Waals surface area contributed by atoms with Crippen molar-refractivity contribution in [1.82, 2.24) is 15.5 Å². The number of amides is 1. The van der Waals surface area contributed by atoms with Crippen molar-refractivity contribution in [2.45, 2.75) is 19.4 Å². The molecule has 0 aliphatic carbocycles. The maximum Gasteiger partial charge on any atom is 0.246 e. The number of ether oxygens (including phenoxy) is 2. The number of hydrogen-bond acceptors (Lipinski definition) is 6. The third kappa shape index (κ3) is 5.72. The van der Waals surface area contributed by atoms with Crippen LogP contribution in [0, 0.1) is 0 Å². The fourth-order valence-corrected chi connectivity index (χ4v) is 2.53. The van der Waals surface area contributed by atoms with Gasteiger partial charge in [0.1, 0.15) is 11.5 Å². The van der Waals surface area contributed by atoms with Crippen LogP contribution in [0.15, 0.2) is 53.1 Å². The molecule has 0 bridgehead atoms. The van der Waals surface area contributed by atoms with E-state index in [-0.39, 0.29) is 12.5 Å². The highest BCUT2D eigenvalue weighted by Gasteiger charge is 2.10. The Hall–Kier alpha value is -3.06. The highest BCUT2D eigenvalue weighted by atomic mass is 35.5. The van der Waals surface area contributed by atoms with E-state index in [2.05, 4.69) is 15.5 Å². The molecule has 0 saturated heterocycles. The summed E-state index contributed by atoms with van der Waals surface area (Å²) in [6.07, 6.45) is 0.937. The molecule has 0 unspecified atom stereocenters. The summed E-state index contributed by atoms with van der Waals surface area (Å²) in [5.74, 6) is 2.19. The lowest BCUT2D eigenvalue weighted by molar-refractivity contribution is -0.121. The fraction of sp³-hybridized carbons (Fsp3) is 0.250. The van der Waals surface area contributed by atoms with Gasteiger partial charge in [-0.15, -0.1) is 0 Å². The van der Waals surface area contributed by atoms with Gasteiger partial charge in [-0.3, -0.25) is 4.79 Å².